The van der Waals surface area contributed by atoms with Crippen molar-refractivity contribution in [3.05, 3.63) is 42.5 Å². The van der Waals surface area contributed by atoms with Gasteiger partial charge < -0.3 is 5.11 Å². The molecule has 0 aliphatic heterocycles. The average Bonchev–Trinajstić information content (AvgIpc) is 2.37. The molecule has 2 rings (SSSR count). The Kier molecular flexibility index (Phi) is 3.54. The van der Waals surface area contributed by atoms with Crippen LogP contribution in [-0.2, 0) is 10.0 Å². The van der Waals surface area contributed by atoms with Crippen LogP contribution in [0.1, 0.15) is 6.92 Å². The number of aliphatic hydroxyl groups excluding tert-OH is 1. The molecule has 0 amide bonds. The third-order valence-corrected chi connectivity index (χ3v) is 4.53. The maximum atomic E-state index is 11.8. The van der Waals surface area contributed by atoms with Crippen LogP contribution in [0.4, 0.5) is 5.69 Å². The molecule has 0 radical (unpaired) electrons. The number of aliphatic hydroxyl groups is 1. The summed E-state index contributed by atoms with van der Waals surface area (Å²) in [5, 5.41) is 10.1. The molecule has 0 saturated carbocycles. The van der Waals surface area contributed by atoms with E-state index in [0.29, 0.717) is 5.69 Å². The highest BCUT2D eigenvalue weighted by atomic mass is 32.2. The van der Waals surface area contributed by atoms with Crippen molar-refractivity contribution >= 4 is 26.5 Å². The topological polar surface area (TPSA) is 66.4 Å². The minimum atomic E-state index is -3.53. The molecule has 2 aromatic carbocycles. The van der Waals surface area contributed by atoms with Gasteiger partial charge >= 0.3 is 0 Å². The van der Waals surface area contributed by atoms with Crippen molar-refractivity contribution in [3.63, 3.8) is 0 Å². The van der Waals surface area contributed by atoms with Crippen molar-refractivity contribution in [3.8, 4) is 0 Å². The van der Waals surface area contributed by atoms with E-state index < -0.39 is 21.9 Å². The molecule has 96 valence electrons. The summed E-state index contributed by atoms with van der Waals surface area (Å²) in [5.41, 5.74) is 0.508. The third-order valence-electron chi connectivity index (χ3n) is 2.80. The van der Waals surface area contributed by atoms with Gasteiger partial charge in [0, 0.05) is 5.69 Å². The van der Waals surface area contributed by atoms with Crippen LogP contribution in [0.2, 0.25) is 0 Å². The summed E-state index contributed by atoms with van der Waals surface area (Å²) in [4.78, 5) is 0. The third kappa shape index (κ3) is 2.63. The Morgan fingerprint density at radius 2 is 1.83 bits per heavy atom. The first kappa shape index (κ1) is 12.9. The van der Waals surface area contributed by atoms with Gasteiger partial charge in [-0.3, -0.25) is 4.72 Å². The highest BCUT2D eigenvalue weighted by molar-refractivity contribution is 7.93. The van der Waals surface area contributed by atoms with E-state index in [-0.39, 0.29) is 0 Å². The van der Waals surface area contributed by atoms with Crippen molar-refractivity contribution in [1.29, 1.82) is 0 Å². The van der Waals surface area contributed by atoms with Gasteiger partial charge in [-0.05, 0) is 29.8 Å². The van der Waals surface area contributed by atoms with E-state index >= 15 is 0 Å². The second kappa shape index (κ2) is 4.96. The summed E-state index contributed by atoms with van der Waals surface area (Å²) in [5.74, 6) is 0. The first-order valence-corrected chi connectivity index (χ1v) is 7.19. The van der Waals surface area contributed by atoms with Gasteiger partial charge in [-0.15, -0.1) is 0 Å². The lowest BCUT2D eigenvalue weighted by Crippen LogP contribution is -2.28. The van der Waals surface area contributed by atoms with Crippen molar-refractivity contribution in [2.45, 2.75) is 12.2 Å². The first-order valence-electron chi connectivity index (χ1n) is 5.64. The van der Waals surface area contributed by atoms with E-state index in [9.17, 15) is 8.42 Å². The van der Waals surface area contributed by atoms with Crippen LogP contribution in [0, 0.1) is 0 Å². The smallest absolute Gasteiger partial charge is 0.237 e. The molecule has 0 saturated heterocycles. The Bertz CT molecular complexity index is 652. The van der Waals surface area contributed by atoms with Crippen molar-refractivity contribution in [1.82, 2.24) is 0 Å². The lowest BCUT2D eigenvalue weighted by Gasteiger charge is -2.12. The van der Waals surface area contributed by atoms with Crippen molar-refractivity contribution in [2.75, 3.05) is 11.3 Å². The normalized spacial score (nSPS) is 13.4. The van der Waals surface area contributed by atoms with E-state index in [1.807, 2.05) is 30.3 Å². The van der Waals surface area contributed by atoms with Crippen LogP contribution >= 0.6 is 0 Å². The average molecular weight is 265 g/mol. The summed E-state index contributed by atoms with van der Waals surface area (Å²) < 4.78 is 26.1. The van der Waals surface area contributed by atoms with Crippen LogP contribution in [0.25, 0.3) is 10.8 Å². The van der Waals surface area contributed by atoms with E-state index in [1.54, 1.807) is 12.1 Å². The molecule has 0 spiro atoms. The number of rotatable bonds is 4. The highest BCUT2D eigenvalue weighted by Gasteiger charge is 2.19. The summed E-state index contributed by atoms with van der Waals surface area (Å²) >= 11 is 0. The van der Waals surface area contributed by atoms with Gasteiger partial charge in [0.1, 0.15) is 5.25 Å². The van der Waals surface area contributed by atoms with Crippen LogP contribution in [0.5, 0.6) is 0 Å². The standard InChI is InChI=1S/C13H15NO3S/c1-10(9-15)18(16,17)14-13-7-6-11-4-2-3-5-12(11)8-13/h2-8,10,14-15H,9H2,1H3. The number of fused-ring (bicyclic) bond motifs is 1. The zero-order valence-corrected chi connectivity index (χ0v) is 10.8. The monoisotopic (exact) mass is 265 g/mol. The second-order valence-electron chi connectivity index (χ2n) is 4.20. The first-order chi connectivity index (χ1) is 8.53. The van der Waals surface area contributed by atoms with Crippen molar-refractivity contribution in [2.24, 2.45) is 0 Å². The molecule has 2 N–H and O–H groups in total. The predicted octanol–water partition coefficient (Wildman–Crippen LogP) is 1.96. The van der Waals surface area contributed by atoms with Crippen LogP contribution in [0.15, 0.2) is 42.5 Å². The molecule has 0 aliphatic rings. The SMILES string of the molecule is CC(CO)S(=O)(=O)Nc1ccc2ccccc2c1. The molecule has 0 heterocycles. The summed E-state index contributed by atoms with van der Waals surface area (Å²) in [6.07, 6.45) is 0. The molecule has 0 bridgehead atoms. The van der Waals surface area contributed by atoms with Crippen LogP contribution in [0.3, 0.4) is 0 Å². The predicted molar refractivity (Wildman–Crippen MR) is 73.0 cm³/mol. The number of nitrogens with one attached hydrogen (secondary N) is 1. The molecule has 0 fully saturated rings. The molecule has 18 heavy (non-hydrogen) atoms. The summed E-state index contributed by atoms with van der Waals surface area (Å²) in [7, 11) is -3.53. The Hall–Kier alpha value is -1.59. The molecule has 1 unspecified atom stereocenters. The fraction of sp³-hybridized carbons (Fsp3) is 0.231. The van der Waals surface area contributed by atoms with E-state index in [4.69, 9.17) is 5.11 Å². The number of sulfonamides is 1. The Morgan fingerprint density at radius 3 is 2.50 bits per heavy atom. The molecule has 4 nitrogen and oxygen atoms in total. The van der Waals surface area contributed by atoms with Gasteiger partial charge in [-0.1, -0.05) is 30.3 Å². The van der Waals surface area contributed by atoms with Crippen LogP contribution < -0.4 is 4.72 Å². The number of hydrogen-bond acceptors (Lipinski definition) is 3. The molecular formula is C13H15NO3S. The minimum Gasteiger partial charge on any atom is -0.395 e. The number of anilines is 1. The molecule has 0 aromatic heterocycles. The van der Waals surface area contributed by atoms with E-state index in [1.165, 1.54) is 6.92 Å². The quantitative estimate of drug-likeness (QED) is 0.888. The molecular weight excluding hydrogens is 250 g/mol. The number of hydrogen-bond donors (Lipinski definition) is 2. The van der Waals surface area contributed by atoms with E-state index in [0.717, 1.165) is 10.8 Å². The lowest BCUT2D eigenvalue weighted by atomic mass is 10.1. The highest BCUT2D eigenvalue weighted by Crippen LogP contribution is 2.20. The minimum absolute atomic E-state index is 0.400. The van der Waals surface area contributed by atoms with Gasteiger partial charge in [0.2, 0.25) is 10.0 Å². The van der Waals surface area contributed by atoms with Gasteiger partial charge in [0.25, 0.3) is 0 Å². The largest absolute Gasteiger partial charge is 0.395 e. The van der Waals surface area contributed by atoms with Crippen LogP contribution in [-0.4, -0.2) is 25.4 Å². The summed E-state index contributed by atoms with van der Waals surface area (Å²) in [6.45, 7) is 1.06. The lowest BCUT2D eigenvalue weighted by molar-refractivity contribution is 0.296. The fourth-order valence-electron chi connectivity index (χ4n) is 1.62. The summed E-state index contributed by atoms with van der Waals surface area (Å²) in [6, 6.07) is 13.1. The van der Waals surface area contributed by atoms with E-state index in [2.05, 4.69) is 4.72 Å². The maximum Gasteiger partial charge on any atom is 0.237 e. The Morgan fingerprint density at radius 1 is 1.17 bits per heavy atom. The zero-order valence-electron chi connectivity index (χ0n) is 10.00. The molecule has 1 atom stereocenters. The number of benzene rings is 2. The van der Waals surface area contributed by atoms with Gasteiger partial charge in [0.05, 0.1) is 6.61 Å². The van der Waals surface area contributed by atoms with Gasteiger partial charge in [-0.2, -0.15) is 0 Å². The molecule has 5 heteroatoms. The molecule has 2 aromatic rings. The Balaban J connectivity index is 2.33. The molecule has 0 aliphatic carbocycles. The van der Waals surface area contributed by atoms with Crippen molar-refractivity contribution < 1.29 is 13.5 Å². The van der Waals surface area contributed by atoms with Gasteiger partial charge in [-0.25, -0.2) is 8.42 Å². The zero-order chi connectivity index (χ0) is 13.2. The van der Waals surface area contributed by atoms with Gasteiger partial charge in [0.15, 0.2) is 0 Å². The second-order valence-corrected chi connectivity index (χ2v) is 6.30. The maximum absolute atomic E-state index is 11.8. The Labute approximate surface area is 106 Å². The fourth-order valence-corrected chi connectivity index (χ4v) is 2.47.